The number of hydrogen-bond donors (Lipinski definition) is 2. The number of nitrogens with zero attached hydrogens (tertiary/aromatic N) is 7. The van der Waals surface area contributed by atoms with Crippen LogP contribution in [0.5, 0.6) is 5.75 Å². The smallest absolute Gasteiger partial charge is 0.297 e. The molecule has 0 fully saturated rings. The first-order chi connectivity index (χ1) is 15.0. The first-order valence-electron chi connectivity index (χ1n) is 9.16. The van der Waals surface area contributed by atoms with Gasteiger partial charge in [0, 0.05) is 18.8 Å². The average Bonchev–Trinajstić information content (AvgIpc) is 3.27. The summed E-state index contributed by atoms with van der Waals surface area (Å²) in [6.45, 7) is 1.80. The van der Waals surface area contributed by atoms with Gasteiger partial charge in [0.25, 0.3) is 11.4 Å². The van der Waals surface area contributed by atoms with Crippen LogP contribution in [0.25, 0.3) is 5.69 Å². The van der Waals surface area contributed by atoms with Gasteiger partial charge in [0.2, 0.25) is 5.82 Å². The number of hydrogen-bond acceptors (Lipinski definition) is 9. The molecule has 0 radical (unpaired) electrons. The van der Waals surface area contributed by atoms with Crippen molar-refractivity contribution in [3.05, 3.63) is 70.1 Å². The number of aromatic hydroxyl groups is 1. The number of nitrogens with two attached hydrogens (primary N) is 1. The Morgan fingerprint density at radius 1 is 1.13 bits per heavy atom. The number of rotatable bonds is 5. The average molecular weight is 418 g/mol. The number of phenols is 1. The van der Waals surface area contributed by atoms with Gasteiger partial charge in [-0.25, -0.2) is 14.3 Å². The lowest BCUT2D eigenvalue weighted by Gasteiger charge is -2.07. The van der Waals surface area contributed by atoms with Crippen molar-refractivity contribution < 1.29 is 9.74 Å². The third kappa shape index (κ3) is 3.83. The first kappa shape index (κ1) is 19.8. The first-order valence-corrected chi connectivity index (χ1v) is 9.16. The summed E-state index contributed by atoms with van der Waals surface area (Å²) in [5, 5.41) is 25.0. The van der Waals surface area contributed by atoms with E-state index < -0.39 is 0 Å². The van der Waals surface area contributed by atoms with E-state index in [1.54, 1.807) is 30.8 Å². The fraction of sp³-hybridized carbons (Fsp3) is 0.100. The van der Waals surface area contributed by atoms with Crippen LogP contribution in [0.3, 0.4) is 0 Å². The molecule has 4 aromatic rings. The predicted molar refractivity (Wildman–Crippen MR) is 114 cm³/mol. The minimum Gasteiger partial charge on any atom is -0.507 e. The molecule has 0 aliphatic heterocycles. The van der Waals surface area contributed by atoms with Crippen molar-refractivity contribution in [1.82, 2.24) is 19.7 Å². The number of para-hydroxylation sites is 1. The fourth-order valence-corrected chi connectivity index (χ4v) is 2.91. The van der Waals surface area contributed by atoms with Crippen LogP contribution in [0.4, 0.5) is 23.0 Å². The maximum Gasteiger partial charge on any atom is 0.297 e. The van der Waals surface area contributed by atoms with E-state index >= 15 is 0 Å². The van der Waals surface area contributed by atoms with E-state index in [1.165, 1.54) is 17.0 Å². The van der Waals surface area contributed by atoms with E-state index in [0.29, 0.717) is 16.9 Å². The lowest BCUT2D eigenvalue weighted by atomic mass is 10.2. The zero-order valence-corrected chi connectivity index (χ0v) is 16.7. The largest absolute Gasteiger partial charge is 0.507 e. The van der Waals surface area contributed by atoms with Gasteiger partial charge in [-0.3, -0.25) is 9.48 Å². The minimum absolute atomic E-state index is 0.0126. The number of anilines is 1. The molecule has 2 aromatic heterocycles. The molecule has 4 rings (SSSR count). The second kappa shape index (κ2) is 8.06. The van der Waals surface area contributed by atoms with Gasteiger partial charge < -0.3 is 10.8 Å². The lowest BCUT2D eigenvalue weighted by Crippen LogP contribution is -2.19. The summed E-state index contributed by atoms with van der Waals surface area (Å²) < 4.78 is 7.71. The Kier molecular flexibility index (Phi) is 5.14. The Bertz CT molecular complexity index is 1350. The molecule has 31 heavy (non-hydrogen) atoms. The molecule has 0 atom stereocenters. The van der Waals surface area contributed by atoms with Crippen LogP contribution in [0.1, 0.15) is 11.3 Å². The van der Waals surface area contributed by atoms with Crippen LogP contribution >= 0.6 is 0 Å². The Hall–Kier alpha value is -4.54. The van der Waals surface area contributed by atoms with Crippen molar-refractivity contribution in [3.8, 4) is 11.4 Å². The molecule has 0 saturated carbocycles. The SMILES string of the molecule is Cc1c(N=Cc2cc(N=Nc3nonc3N)ccc2O)c(=O)n(-c2ccccc2)n1C. The molecule has 0 bridgehead atoms. The summed E-state index contributed by atoms with van der Waals surface area (Å²) in [6.07, 6.45) is 1.40. The Balaban J connectivity index is 1.67. The van der Waals surface area contributed by atoms with Crippen LogP contribution in [0.15, 0.2) is 73.2 Å². The van der Waals surface area contributed by atoms with E-state index in [-0.39, 0.29) is 28.6 Å². The molecule has 0 amide bonds. The molecule has 0 unspecified atom stereocenters. The van der Waals surface area contributed by atoms with Crippen LogP contribution in [0.2, 0.25) is 0 Å². The quantitative estimate of drug-likeness (QED) is 0.375. The molecule has 3 N–H and O–H groups in total. The highest BCUT2D eigenvalue weighted by molar-refractivity contribution is 5.86. The van der Waals surface area contributed by atoms with Crippen molar-refractivity contribution in [2.24, 2.45) is 22.3 Å². The van der Waals surface area contributed by atoms with Crippen molar-refractivity contribution in [2.75, 3.05) is 5.73 Å². The Labute approximate surface area is 175 Å². The van der Waals surface area contributed by atoms with Gasteiger partial charge in [-0.2, -0.15) is 0 Å². The maximum atomic E-state index is 12.9. The van der Waals surface area contributed by atoms with Crippen LogP contribution in [0, 0.1) is 6.92 Å². The molecular formula is C20H18N8O3. The van der Waals surface area contributed by atoms with E-state index in [1.807, 2.05) is 30.3 Å². The molecule has 0 saturated heterocycles. The van der Waals surface area contributed by atoms with Crippen molar-refractivity contribution >= 4 is 29.2 Å². The Morgan fingerprint density at radius 2 is 1.90 bits per heavy atom. The highest BCUT2D eigenvalue weighted by atomic mass is 16.6. The van der Waals surface area contributed by atoms with Gasteiger partial charge in [0.05, 0.1) is 17.1 Å². The highest BCUT2D eigenvalue weighted by Gasteiger charge is 2.15. The zero-order valence-electron chi connectivity index (χ0n) is 16.7. The van der Waals surface area contributed by atoms with Gasteiger partial charge in [0.1, 0.15) is 5.75 Å². The second-order valence-electron chi connectivity index (χ2n) is 6.58. The molecule has 0 spiro atoms. The molecule has 2 aromatic carbocycles. The van der Waals surface area contributed by atoms with Crippen molar-refractivity contribution in [3.63, 3.8) is 0 Å². The number of nitrogen functional groups attached to an aromatic ring is 1. The van der Waals surface area contributed by atoms with Crippen LogP contribution in [-0.2, 0) is 7.05 Å². The van der Waals surface area contributed by atoms with Crippen molar-refractivity contribution in [1.29, 1.82) is 0 Å². The minimum atomic E-state index is -0.271. The molecule has 11 nitrogen and oxygen atoms in total. The summed E-state index contributed by atoms with van der Waals surface area (Å²) in [5.74, 6) is 0.0329. The number of phenolic OH excluding ortho intramolecular Hbond substituents is 1. The molecular weight excluding hydrogens is 400 g/mol. The van der Waals surface area contributed by atoms with E-state index in [2.05, 4.69) is 30.2 Å². The summed E-state index contributed by atoms with van der Waals surface area (Å²) in [7, 11) is 1.78. The molecule has 2 heterocycles. The normalized spacial score (nSPS) is 11.7. The van der Waals surface area contributed by atoms with Gasteiger partial charge in [-0.15, -0.1) is 10.2 Å². The summed E-state index contributed by atoms with van der Waals surface area (Å²) in [4.78, 5) is 17.3. The standard InChI is InChI=1S/C20H18N8O3/c1-12-17(20(30)28(27(12)2)15-6-4-3-5-7-15)22-11-13-10-14(8-9-16(13)29)23-24-19-18(21)25-31-26-19/h3-11,29H,1-2H3,(H2,21,25). The van der Waals surface area contributed by atoms with Crippen molar-refractivity contribution in [2.45, 2.75) is 6.92 Å². The van der Waals surface area contributed by atoms with Crippen LogP contribution in [-0.4, -0.2) is 31.0 Å². The fourth-order valence-electron chi connectivity index (χ4n) is 2.91. The molecule has 0 aliphatic carbocycles. The predicted octanol–water partition coefficient (Wildman–Crippen LogP) is 3.32. The molecule has 0 aliphatic rings. The highest BCUT2D eigenvalue weighted by Crippen LogP contribution is 2.25. The van der Waals surface area contributed by atoms with Gasteiger partial charge in [0.15, 0.2) is 5.69 Å². The Morgan fingerprint density at radius 3 is 2.61 bits per heavy atom. The monoisotopic (exact) mass is 418 g/mol. The third-order valence-electron chi connectivity index (χ3n) is 4.62. The summed E-state index contributed by atoms with van der Waals surface area (Å²) in [5.41, 5.74) is 7.70. The summed E-state index contributed by atoms with van der Waals surface area (Å²) in [6, 6.07) is 13.8. The van der Waals surface area contributed by atoms with Crippen LogP contribution < -0.4 is 11.3 Å². The number of aliphatic imine (C=N–C) groups is 1. The third-order valence-corrected chi connectivity index (χ3v) is 4.62. The van der Waals surface area contributed by atoms with E-state index in [0.717, 1.165) is 5.69 Å². The van der Waals surface area contributed by atoms with E-state index in [9.17, 15) is 9.90 Å². The van der Waals surface area contributed by atoms with Gasteiger partial charge in [-0.05, 0) is 47.6 Å². The van der Waals surface area contributed by atoms with Gasteiger partial charge in [-0.1, -0.05) is 18.2 Å². The lowest BCUT2D eigenvalue weighted by molar-refractivity contribution is 0.310. The molecule has 156 valence electrons. The zero-order chi connectivity index (χ0) is 22.0. The number of benzene rings is 2. The van der Waals surface area contributed by atoms with E-state index in [4.69, 9.17) is 5.73 Å². The molecule has 11 heteroatoms. The summed E-state index contributed by atoms with van der Waals surface area (Å²) >= 11 is 0. The number of aromatic nitrogens is 4. The second-order valence-corrected chi connectivity index (χ2v) is 6.58. The number of azo groups is 1. The maximum absolute atomic E-state index is 12.9. The van der Waals surface area contributed by atoms with Gasteiger partial charge >= 0.3 is 0 Å². The topological polar surface area (TPSA) is 149 Å².